The molecule has 2 aliphatic heterocycles. The Balaban J connectivity index is 0.000000161. The standard InChI is InChI=1S/C29H23N5O3.C27H20N4O2.CH5N/c1-31-28(36)37-21-12-29(13-21)23-8-4-5-9-25(23)34(27(29)35)17-24-26(19-10-11-20(14-30)32-16-19)22-7-3-2-6-18(22)15-33-24;28-13-19-10-9-18(15-29-19)25-21-6-2-1-5-17(21)14-30-23(25)16-31-24-8-4-3-7-22(24)27(26(31)33)11-20(32)12-27;1-2/h2-11,15-16,21H,12-13,17H2,1H3,(H,31,36);1-10,14-15,20,32H,11-12,16H2;2H2,1H3. The molecule has 0 saturated heterocycles. The first kappa shape index (κ1) is 46.8. The van der Waals surface area contributed by atoms with Gasteiger partial charge in [0.1, 0.15) is 29.6 Å². The highest BCUT2D eigenvalue weighted by molar-refractivity contribution is 6.10. The molecular weight excluding hydrogens is 905 g/mol. The van der Waals surface area contributed by atoms with Crippen LogP contribution in [0.15, 0.2) is 146 Å². The van der Waals surface area contributed by atoms with Crippen LogP contribution in [0.2, 0.25) is 0 Å². The summed E-state index contributed by atoms with van der Waals surface area (Å²) in [5.41, 5.74) is 12.5. The van der Waals surface area contributed by atoms with E-state index in [0.717, 1.165) is 77.7 Å². The lowest BCUT2D eigenvalue weighted by atomic mass is 9.63. The largest absolute Gasteiger partial charge is 0.446 e. The predicted molar refractivity (Wildman–Crippen MR) is 272 cm³/mol. The average molecular weight is 953 g/mol. The van der Waals surface area contributed by atoms with Gasteiger partial charge in [-0.05, 0) is 78.2 Å². The molecule has 15 nitrogen and oxygen atoms in total. The summed E-state index contributed by atoms with van der Waals surface area (Å²) in [6.07, 6.45) is 7.59. The second kappa shape index (κ2) is 19.1. The van der Waals surface area contributed by atoms with Crippen LogP contribution in [-0.4, -0.2) is 69.3 Å². The van der Waals surface area contributed by atoms with E-state index in [1.54, 1.807) is 34.3 Å². The molecule has 6 heterocycles. The van der Waals surface area contributed by atoms with E-state index in [1.165, 1.54) is 14.1 Å². The van der Waals surface area contributed by atoms with Gasteiger partial charge in [-0.3, -0.25) is 19.6 Å². The van der Waals surface area contributed by atoms with Crippen molar-refractivity contribution in [2.45, 2.75) is 61.8 Å². The van der Waals surface area contributed by atoms with Crippen LogP contribution in [0.5, 0.6) is 0 Å². The molecule has 72 heavy (non-hydrogen) atoms. The summed E-state index contributed by atoms with van der Waals surface area (Å²) in [6, 6.07) is 42.9. The van der Waals surface area contributed by atoms with E-state index in [4.69, 9.17) is 20.0 Å². The summed E-state index contributed by atoms with van der Waals surface area (Å²) in [5.74, 6) is 0.0113. The Hall–Kier alpha value is -8.89. The second-order valence-electron chi connectivity index (χ2n) is 18.2. The van der Waals surface area contributed by atoms with Gasteiger partial charge >= 0.3 is 6.09 Å². The van der Waals surface area contributed by atoms with Gasteiger partial charge in [0.15, 0.2) is 0 Å². The first-order chi connectivity index (χ1) is 35.1. The van der Waals surface area contributed by atoms with Crippen LogP contribution in [0, 0.1) is 22.7 Å². The number of carbonyl (C=O) groups excluding carboxylic acids is 3. The van der Waals surface area contributed by atoms with E-state index in [9.17, 15) is 24.8 Å². The van der Waals surface area contributed by atoms with Crippen molar-refractivity contribution in [2.24, 2.45) is 5.73 Å². The molecule has 2 fully saturated rings. The van der Waals surface area contributed by atoms with Crippen molar-refractivity contribution in [3.8, 4) is 34.4 Å². The monoisotopic (exact) mass is 952 g/mol. The van der Waals surface area contributed by atoms with Gasteiger partial charge in [0.25, 0.3) is 0 Å². The zero-order valence-electron chi connectivity index (χ0n) is 39.5. The number of nitrogens with zero attached hydrogens (tertiary/aromatic N) is 8. The summed E-state index contributed by atoms with van der Waals surface area (Å²) >= 11 is 0. The number of aliphatic hydroxyl groups excluding tert-OH is 1. The van der Waals surface area contributed by atoms with Crippen molar-refractivity contribution in [3.63, 3.8) is 0 Å². The Kier molecular flexibility index (Phi) is 12.4. The molecule has 2 saturated carbocycles. The summed E-state index contributed by atoms with van der Waals surface area (Å²) in [7, 11) is 3.02. The minimum Gasteiger partial charge on any atom is -0.446 e. The van der Waals surface area contributed by atoms with Gasteiger partial charge in [0.05, 0.1) is 41.4 Å². The SMILES string of the molecule is CN.CNC(=O)OC1CC2(C1)C(=O)N(Cc1ncc3ccccc3c1-c1ccc(C#N)nc1)c1ccccc12.N#Cc1ccc(-c2c(CN3C(=O)C4(CC(O)C4)c4ccccc43)ncc3ccccc23)cn1. The molecule has 8 aromatic rings. The Bertz CT molecular complexity index is 3500. The molecule has 356 valence electrons. The van der Waals surface area contributed by atoms with Gasteiger partial charge < -0.3 is 30.7 Å². The molecule has 0 atom stereocenters. The average Bonchev–Trinajstić information content (AvgIpc) is 3.80. The second-order valence-corrected chi connectivity index (χ2v) is 18.2. The molecule has 4 N–H and O–H groups in total. The lowest BCUT2D eigenvalue weighted by Gasteiger charge is -2.43. The third kappa shape index (κ3) is 7.91. The number of carbonyl (C=O) groups is 3. The number of nitrogens with one attached hydrogen (secondary N) is 1. The zero-order valence-corrected chi connectivity index (χ0v) is 39.5. The fourth-order valence-corrected chi connectivity index (χ4v) is 10.9. The number of aromatic nitrogens is 4. The van der Waals surface area contributed by atoms with Crippen LogP contribution in [0.25, 0.3) is 43.8 Å². The van der Waals surface area contributed by atoms with Crippen LogP contribution in [0.4, 0.5) is 16.2 Å². The molecule has 2 aliphatic carbocycles. The molecule has 0 bridgehead atoms. The van der Waals surface area contributed by atoms with Crippen molar-refractivity contribution in [1.29, 1.82) is 10.5 Å². The highest BCUT2D eigenvalue weighted by Crippen LogP contribution is 2.56. The predicted octanol–water partition coefficient (Wildman–Crippen LogP) is 8.15. The normalized spacial score (nSPS) is 20.0. The third-order valence-electron chi connectivity index (χ3n) is 14.2. The number of aliphatic hydroxyl groups is 1. The molecule has 0 radical (unpaired) electrons. The third-order valence-corrected chi connectivity index (χ3v) is 14.2. The Morgan fingerprint density at radius 1 is 0.639 bits per heavy atom. The van der Waals surface area contributed by atoms with Crippen molar-refractivity contribution in [2.75, 3.05) is 23.9 Å². The first-order valence-corrected chi connectivity index (χ1v) is 23.6. The Morgan fingerprint density at radius 2 is 1.07 bits per heavy atom. The van der Waals surface area contributed by atoms with Crippen molar-refractivity contribution >= 4 is 50.8 Å². The number of pyridine rings is 4. The van der Waals surface area contributed by atoms with Crippen LogP contribution >= 0.6 is 0 Å². The van der Waals surface area contributed by atoms with Gasteiger partial charge in [0, 0.05) is 89.1 Å². The maximum Gasteiger partial charge on any atom is 0.407 e. The minimum atomic E-state index is -0.706. The van der Waals surface area contributed by atoms with Crippen LogP contribution in [0.1, 0.15) is 59.6 Å². The molecule has 2 spiro atoms. The highest BCUT2D eigenvalue weighted by Gasteiger charge is 2.60. The topological polar surface area (TPSA) is 224 Å². The van der Waals surface area contributed by atoms with Crippen LogP contribution in [0.3, 0.4) is 0 Å². The van der Waals surface area contributed by atoms with Crippen molar-refractivity contribution in [1.82, 2.24) is 25.3 Å². The number of amides is 3. The summed E-state index contributed by atoms with van der Waals surface area (Å²) in [4.78, 5) is 61.0. The number of ether oxygens (including phenoxy) is 1. The van der Waals surface area contributed by atoms with E-state index in [0.29, 0.717) is 43.6 Å². The van der Waals surface area contributed by atoms with E-state index in [-0.39, 0.29) is 24.5 Å². The lowest BCUT2D eigenvalue weighted by Crippen LogP contribution is -2.53. The number of para-hydroxylation sites is 2. The summed E-state index contributed by atoms with van der Waals surface area (Å²) in [5, 5.41) is 34.8. The van der Waals surface area contributed by atoms with E-state index < -0.39 is 23.0 Å². The fraction of sp³-hybridized carbons (Fsp3) is 0.211. The molecule has 0 unspecified atom stereocenters. The fourth-order valence-electron chi connectivity index (χ4n) is 10.9. The summed E-state index contributed by atoms with van der Waals surface area (Å²) in [6.45, 7) is 0.590. The Morgan fingerprint density at radius 3 is 1.49 bits per heavy atom. The molecule has 4 aromatic carbocycles. The number of alkyl carbamates (subject to hydrolysis) is 1. The summed E-state index contributed by atoms with van der Waals surface area (Å²) < 4.78 is 5.42. The number of benzene rings is 4. The number of hydrogen-bond acceptors (Lipinski definition) is 12. The first-order valence-electron chi connectivity index (χ1n) is 23.6. The molecule has 4 aromatic heterocycles. The van der Waals surface area contributed by atoms with Gasteiger partial charge in [-0.15, -0.1) is 0 Å². The smallest absolute Gasteiger partial charge is 0.407 e. The molecule has 4 aliphatic rings. The Labute approximate surface area is 415 Å². The van der Waals surface area contributed by atoms with Crippen molar-refractivity contribution in [3.05, 3.63) is 180 Å². The highest BCUT2D eigenvalue weighted by atomic mass is 16.6. The number of hydrogen-bond donors (Lipinski definition) is 3. The molecule has 12 rings (SSSR count). The maximum absolute atomic E-state index is 14.0. The van der Waals surface area contributed by atoms with E-state index in [1.807, 2.05) is 122 Å². The minimum absolute atomic E-state index is 0.00989. The molecule has 15 heteroatoms. The maximum atomic E-state index is 14.0. The van der Waals surface area contributed by atoms with Crippen LogP contribution < -0.4 is 20.9 Å². The number of nitriles is 2. The zero-order chi connectivity index (χ0) is 50.1. The molecule has 3 amide bonds. The molecular formula is C57H48N10O5. The van der Waals surface area contributed by atoms with E-state index >= 15 is 0 Å². The van der Waals surface area contributed by atoms with Crippen molar-refractivity contribution < 1.29 is 24.2 Å². The number of anilines is 2. The lowest BCUT2D eigenvalue weighted by molar-refractivity contribution is -0.131. The van der Waals surface area contributed by atoms with Gasteiger partial charge in [-0.25, -0.2) is 14.8 Å². The van der Waals surface area contributed by atoms with Gasteiger partial charge in [-0.1, -0.05) is 84.9 Å². The van der Waals surface area contributed by atoms with Gasteiger partial charge in [0.2, 0.25) is 11.8 Å². The quantitative estimate of drug-likeness (QED) is 0.138. The number of rotatable bonds is 7. The van der Waals surface area contributed by atoms with E-state index in [2.05, 4.69) is 33.2 Å². The number of fused-ring (bicyclic) bond motifs is 6. The number of nitrogens with two attached hydrogens (primary N) is 1. The van der Waals surface area contributed by atoms with Gasteiger partial charge in [-0.2, -0.15) is 10.5 Å². The van der Waals surface area contributed by atoms with Crippen LogP contribution in [-0.2, 0) is 38.2 Å².